The maximum atomic E-state index is 11.6. The molecule has 0 bridgehead atoms. The van der Waals surface area contributed by atoms with E-state index in [2.05, 4.69) is 20.8 Å². The molecule has 0 saturated carbocycles. The highest BCUT2D eigenvalue weighted by Crippen LogP contribution is 2.24. The second-order valence-corrected chi connectivity index (χ2v) is 4.94. The van der Waals surface area contributed by atoms with Gasteiger partial charge in [0.05, 0.1) is 0 Å². The first kappa shape index (κ1) is 11.0. The Kier molecular flexibility index (Phi) is 2.57. The molecular formula is C12H19NO. The molecule has 2 heteroatoms. The average Bonchev–Trinajstić information content (AvgIpc) is 2.06. The van der Waals surface area contributed by atoms with Gasteiger partial charge in [0.15, 0.2) is 0 Å². The van der Waals surface area contributed by atoms with Crippen molar-refractivity contribution >= 4 is 0 Å². The summed E-state index contributed by atoms with van der Waals surface area (Å²) < 4.78 is 1.73. The summed E-state index contributed by atoms with van der Waals surface area (Å²) in [5, 5.41) is 0. The Morgan fingerprint density at radius 3 is 2.14 bits per heavy atom. The van der Waals surface area contributed by atoms with Crippen molar-refractivity contribution in [1.29, 1.82) is 0 Å². The lowest BCUT2D eigenvalue weighted by Crippen LogP contribution is -2.26. The van der Waals surface area contributed by atoms with Gasteiger partial charge in [-0.1, -0.05) is 20.8 Å². The van der Waals surface area contributed by atoms with E-state index in [0.717, 1.165) is 11.3 Å². The minimum absolute atomic E-state index is 0.0975. The quantitative estimate of drug-likeness (QED) is 0.619. The number of rotatable bonds is 0. The zero-order valence-corrected chi connectivity index (χ0v) is 9.93. The number of hydrogen-bond donors (Lipinski definition) is 0. The van der Waals surface area contributed by atoms with Gasteiger partial charge in [-0.05, 0) is 30.9 Å². The molecule has 0 atom stereocenters. The lowest BCUT2D eigenvalue weighted by Gasteiger charge is -2.23. The van der Waals surface area contributed by atoms with Gasteiger partial charge in [-0.3, -0.25) is 4.79 Å². The van der Waals surface area contributed by atoms with E-state index < -0.39 is 0 Å². The van der Waals surface area contributed by atoms with Gasteiger partial charge in [0.25, 0.3) is 5.56 Å². The van der Waals surface area contributed by atoms with Crippen molar-refractivity contribution in [2.45, 2.75) is 40.0 Å². The highest BCUT2D eigenvalue weighted by Gasteiger charge is 2.18. The fourth-order valence-corrected chi connectivity index (χ4v) is 1.74. The third-order valence-electron chi connectivity index (χ3n) is 2.70. The molecule has 0 saturated heterocycles. The first-order chi connectivity index (χ1) is 6.25. The fraction of sp³-hybridized carbons (Fsp3) is 0.583. The number of nitrogens with zero attached hydrogens (tertiary/aromatic N) is 1. The van der Waals surface area contributed by atoms with Crippen LogP contribution in [0.4, 0.5) is 0 Å². The van der Waals surface area contributed by atoms with Gasteiger partial charge in [-0.15, -0.1) is 0 Å². The van der Waals surface area contributed by atoms with Crippen molar-refractivity contribution in [3.8, 4) is 0 Å². The van der Waals surface area contributed by atoms with Gasteiger partial charge in [0, 0.05) is 18.3 Å². The molecule has 0 aliphatic heterocycles. The average molecular weight is 193 g/mol. The van der Waals surface area contributed by atoms with Crippen LogP contribution >= 0.6 is 0 Å². The van der Waals surface area contributed by atoms with E-state index in [1.54, 1.807) is 4.57 Å². The summed E-state index contributed by atoms with van der Waals surface area (Å²) in [6.07, 6.45) is 0. The molecule has 1 heterocycles. The standard InChI is InChI=1S/C12H19NO/c1-8-7-10(12(3,4)5)9(2)13(6)11(8)14/h7H,1-6H3. The minimum Gasteiger partial charge on any atom is -0.315 e. The minimum atomic E-state index is 0.0975. The monoisotopic (exact) mass is 193 g/mol. The molecular weight excluding hydrogens is 174 g/mol. The van der Waals surface area contributed by atoms with Gasteiger partial charge in [0.2, 0.25) is 0 Å². The van der Waals surface area contributed by atoms with Crippen molar-refractivity contribution in [2.75, 3.05) is 0 Å². The van der Waals surface area contributed by atoms with Crippen LogP contribution in [0.25, 0.3) is 0 Å². The third-order valence-corrected chi connectivity index (χ3v) is 2.70. The van der Waals surface area contributed by atoms with E-state index in [-0.39, 0.29) is 11.0 Å². The van der Waals surface area contributed by atoms with Crippen LogP contribution in [0.5, 0.6) is 0 Å². The van der Waals surface area contributed by atoms with Gasteiger partial charge in [-0.25, -0.2) is 0 Å². The molecule has 2 nitrogen and oxygen atoms in total. The first-order valence-corrected chi connectivity index (χ1v) is 4.93. The number of hydrogen-bond acceptors (Lipinski definition) is 1. The van der Waals surface area contributed by atoms with Crippen molar-refractivity contribution in [3.63, 3.8) is 0 Å². The van der Waals surface area contributed by atoms with Gasteiger partial charge in [-0.2, -0.15) is 0 Å². The van der Waals surface area contributed by atoms with E-state index in [0.29, 0.717) is 0 Å². The summed E-state index contributed by atoms with van der Waals surface area (Å²) in [6, 6.07) is 2.01. The molecule has 0 spiro atoms. The Hall–Kier alpha value is -1.05. The zero-order valence-electron chi connectivity index (χ0n) is 9.93. The zero-order chi connectivity index (χ0) is 11.1. The van der Waals surface area contributed by atoms with Crippen LogP contribution in [0, 0.1) is 13.8 Å². The number of aryl methyl sites for hydroxylation is 1. The van der Waals surface area contributed by atoms with Gasteiger partial charge >= 0.3 is 0 Å². The van der Waals surface area contributed by atoms with E-state index in [1.807, 2.05) is 27.0 Å². The molecule has 78 valence electrons. The summed E-state index contributed by atoms with van der Waals surface area (Å²) in [5.41, 5.74) is 3.34. The highest BCUT2D eigenvalue weighted by molar-refractivity contribution is 5.30. The Morgan fingerprint density at radius 2 is 1.71 bits per heavy atom. The summed E-state index contributed by atoms with van der Waals surface area (Å²) in [5.74, 6) is 0. The lowest BCUT2D eigenvalue weighted by atomic mass is 9.85. The highest BCUT2D eigenvalue weighted by atomic mass is 16.1. The van der Waals surface area contributed by atoms with Gasteiger partial charge in [0.1, 0.15) is 0 Å². The number of aromatic nitrogens is 1. The van der Waals surface area contributed by atoms with Crippen LogP contribution in [-0.4, -0.2) is 4.57 Å². The summed E-state index contributed by atoms with van der Waals surface area (Å²) in [6.45, 7) is 10.4. The second-order valence-electron chi connectivity index (χ2n) is 4.94. The van der Waals surface area contributed by atoms with Crippen LogP contribution in [0.15, 0.2) is 10.9 Å². The Morgan fingerprint density at radius 1 is 1.21 bits per heavy atom. The van der Waals surface area contributed by atoms with Crippen LogP contribution < -0.4 is 5.56 Å². The summed E-state index contributed by atoms with van der Waals surface area (Å²) in [4.78, 5) is 11.6. The van der Waals surface area contributed by atoms with Crippen molar-refractivity contribution in [2.24, 2.45) is 7.05 Å². The van der Waals surface area contributed by atoms with Crippen molar-refractivity contribution in [3.05, 3.63) is 33.2 Å². The lowest BCUT2D eigenvalue weighted by molar-refractivity contribution is 0.571. The van der Waals surface area contributed by atoms with Crippen LogP contribution in [-0.2, 0) is 12.5 Å². The van der Waals surface area contributed by atoms with Crippen LogP contribution in [0.1, 0.15) is 37.6 Å². The smallest absolute Gasteiger partial charge is 0.253 e. The fourth-order valence-electron chi connectivity index (χ4n) is 1.74. The van der Waals surface area contributed by atoms with E-state index in [4.69, 9.17) is 0 Å². The summed E-state index contributed by atoms with van der Waals surface area (Å²) >= 11 is 0. The molecule has 0 fully saturated rings. The van der Waals surface area contributed by atoms with Crippen molar-refractivity contribution < 1.29 is 0 Å². The molecule has 0 radical (unpaired) electrons. The van der Waals surface area contributed by atoms with Crippen LogP contribution in [0.2, 0.25) is 0 Å². The molecule has 0 amide bonds. The molecule has 1 rings (SSSR count). The van der Waals surface area contributed by atoms with E-state index >= 15 is 0 Å². The summed E-state index contributed by atoms with van der Waals surface area (Å²) in [7, 11) is 1.83. The van der Waals surface area contributed by atoms with Crippen molar-refractivity contribution in [1.82, 2.24) is 4.57 Å². The SMILES string of the molecule is Cc1cc(C(C)(C)C)c(C)n(C)c1=O. The molecule has 0 N–H and O–H groups in total. The molecule has 1 aromatic heterocycles. The molecule has 0 aliphatic carbocycles. The second kappa shape index (κ2) is 3.26. The van der Waals surface area contributed by atoms with Crippen LogP contribution in [0.3, 0.4) is 0 Å². The Bertz CT molecular complexity index is 408. The van der Waals surface area contributed by atoms with E-state index in [9.17, 15) is 4.79 Å². The molecule has 14 heavy (non-hydrogen) atoms. The Balaban J connectivity index is 3.57. The third kappa shape index (κ3) is 1.74. The maximum Gasteiger partial charge on any atom is 0.253 e. The molecule has 0 aliphatic rings. The van der Waals surface area contributed by atoms with E-state index in [1.165, 1.54) is 5.56 Å². The molecule has 0 aromatic carbocycles. The van der Waals surface area contributed by atoms with Gasteiger partial charge < -0.3 is 4.57 Å². The maximum absolute atomic E-state index is 11.6. The molecule has 1 aromatic rings. The largest absolute Gasteiger partial charge is 0.315 e. The normalized spacial score (nSPS) is 11.9. The Labute approximate surface area is 85.6 Å². The topological polar surface area (TPSA) is 22.0 Å². The molecule has 0 unspecified atom stereocenters. The predicted octanol–water partition coefficient (Wildman–Crippen LogP) is 2.30. The predicted molar refractivity (Wildman–Crippen MR) is 59.9 cm³/mol. The first-order valence-electron chi connectivity index (χ1n) is 4.93. The number of pyridine rings is 1.